The molecule has 0 N–H and O–H groups in total. The van der Waals surface area contributed by atoms with Gasteiger partial charge < -0.3 is 9.47 Å². The van der Waals surface area contributed by atoms with Crippen molar-refractivity contribution in [3.05, 3.63) is 155 Å². The molecule has 0 saturated heterocycles. The molecule has 42 heavy (non-hydrogen) atoms. The van der Waals surface area contributed by atoms with E-state index in [1.54, 1.807) is 7.11 Å². The molecule has 1 aromatic heterocycles. The van der Waals surface area contributed by atoms with E-state index in [1.165, 1.54) is 16.9 Å². The highest BCUT2D eigenvalue weighted by atomic mass is 35.5. The van der Waals surface area contributed by atoms with Crippen LogP contribution in [0.15, 0.2) is 112 Å². The minimum atomic E-state index is -0.266. The number of para-hydroxylation sites is 1. The summed E-state index contributed by atoms with van der Waals surface area (Å²) in [4.78, 5) is 20.0. The van der Waals surface area contributed by atoms with Gasteiger partial charge in [0, 0.05) is 16.1 Å². The number of benzene rings is 4. The molecular weight excluding hydrogens is 564 g/mol. The van der Waals surface area contributed by atoms with Crippen LogP contribution in [0.2, 0.25) is 5.02 Å². The summed E-state index contributed by atoms with van der Waals surface area (Å²) >= 11 is 7.45. The van der Waals surface area contributed by atoms with Gasteiger partial charge in [-0.1, -0.05) is 89.7 Å². The van der Waals surface area contributed by atoms with Crippen molar-refractivity contribution in [2.24, 2.45) is 4.99 Å². The first-order valence-corrected chi connectivity index (χ1v) is 15.0. The normalized spacial score (nSPS) is 15.9. The first kappa shape index (κ1) is 26.5. The maximum absolute atomic E-state index is 14.2. The van der Waals surface area contributed by atoms with Crippen LogP contribution < -0.4 is 24.4 Å². The molecule has 0 fully saturated rings. The lowest BCUT2D eigenvalue weighted by Gasteiger charge is -2.31. The van der Waals surface area contributed by atoms with E-state index >= 15 is 0 Å². The van der Waals surface area contributed by atoms with E-state index in [-0.39, 0.29) is 11.6 Å². The van der Waals surface area contributed by atoms with Crippen molar-refractivity contribution >= 4 is 34.7 Å². The van der Waals surface area contributed by atoms with Crippen molar-refractivity contribution in [1.82, 2.24) is 4.57 Å². The van der Waals surface area contributed by atoms with Gasteiger partial charge >= 0.3 is 0 Å². The number of rotatable bonds is 6. The molecule has 0 saturated carbocycles. The molecule has 1 aliphatic carbocycles. The van der Waals surface area contributed by atoms with Gasteiger partial charge in [-0.3, -0.25) is 9.36 Å². The summed E-state index contributed by atoms with van der Waals surface area (Å²) in [6, 6.07) is 31.6. The highest BCUT2D eigenvalue weighted by Gasteiger charge is 2.32. The second kappa shape index (κ2) is 11.1. The molecule has 0 radical (unpaired) electrons. The molecule has 7 rings (SSSR count). The van der Waals surface area contributed by atoms with Gasteiger partial charge in [0.25, 0.3) is 5.56 Å². The molecule has 2 aliphatic rings. The van der Waals surface area contributed by atoms with Gasteiger partial charge in [-0.25, -0.2) is 4.99 Å². The highest BCUT2D eigenvalue weighted by molar-refractivity contribution is 7.07. The lowest BCUT2D eigenvalue weighted by atomic mass is 9.83. The molecule has 208 valence electrons. The molecule has 5 nitrogen and oxygen atoms in total. The van der Waals surface area contributed by atoms with Gasteiger partial charge in [-0.15, -0.1) is 0 Å². The maximum Gasteiger partial charge on any atom is 0.271 e. The first-order chi connectivity index (χ1) is 20.6. The van der Waals surface area contributed by atoms with Crippen molar-refractivity contribution < 1.29 is 9.47 Å². The molecule has 5 aromatic rings. The molecule has 1 atom stereocenters. The molecule has 0 unspecified atom stereocenters. The Morgan fingerprint density at radius 3 is 2.64 bits per heavy atom. The maximum atomic E-state index is 14.2. The first-order valence-electron chi connectivity index (χ1n) is 13.8. The van der Waals surface area contributed by atoms with Gasteiger partial charge in [0.1, 0.15) is 18.1 Å². The lowest BCUT2D eigenvalue weighted by molar-refractivity contribution is 0.305. The minimum absolute atomic E-state index is 0.0653. The molecular formula is C35H27ClN2O3S. The zero-order chi connectivity index (χ0) is 28.6. The Morgan fingerprint density at radius 1 is 0.976 bits per heavy atom. The lowest BCUT2D eigenvalue weighted by Crippen LogP contribution is -2.38. The number of allylic oxidation sites excluding steroid dienone is 1. The van der Waals surface area contributed by atoms with Crippen LogP contribution in [0.4, 0.5) is 0 Å². The second-order valence-corrected chi connectivity index (χ2v) is 11.8. The number of aromatic nitrogens is 1. The SMILES string of the molecule is COc1cccc([C@@H]2C3=C(N=c4s/c(=C\c5ccccc5OCc5ccc(Cl)cc5)c(=O)n42)c2ccccc2CC3)c1. The van der Waals surface area contributed by atoms with Gasteiger partial charge in [0.15, 0.2) is 4.80 Å². The van der Waals surface area contributed by atoms with Crippen molar-refractivity contribution in [3.8, 4) is 11.5 Å². The average Bonchev–Trinajstić information content (AvgIpc) is 3.34. The minimum Gasteiger partial charge on any atom is -0.497 e. The predicted octanol–water partition coefficient (Wildman–Crippen LogP) is 6.56. The topological polar surface area (TPSA) is 52.8 Å². The standard InChI is InChI=1S/C35H27ClN2O3S/c1-40-27-10-6-9-25(19-27)33-29-18-15-23-7-2-4-11-28(23)32(29)37-35-38(33)34(39)31(42-35)20-24-8-3-5-12-30(24)41-21-22-13-16-26(36)17-14-22/h2-14,16-17,19-20,33H,15,18,21H2,1H3/b31-20-/t33-/m1/s1. The van der Waals surface area contributed by atoms with Crippen molar-refractivity contribution in [3.63, 3.8) is 0 Å². The van der Waals surface area contributed by atoms with E-state index in [0.717, 1.165) is 52.1 Å². The van der Waals surface area contributed by atoms with Crippen LogP contribution in [0.1, 0.15) is 40.3 Å². The Labute approximate surface area is 252 Å². The number of halogens is 1. The van der Waals surface area contributed by atoms with Crippen LogP contribution in [0, 0.1) is 0 Å². The van der Waals surface area contributed by atoms with E-state index < -0.39 is 0 Å². The van der Waals surface area contributed by atoms with E-state index in [1.807, 2.05) is 77.4 Å². The molecule has 0 spiro atoms. The largest absolute Gasteiger partial charge is 0.497 e. The zero-order valence-electron chi connectivity index (χ0n) is 22.9. The van der Waals surface area contributed by atoms with Gasteiger partial charge in [0.05, 0.1) is 23.4 Å². The summed E-state index contributed by atoms with van der Waals surface area (Å²) in [5.74, 6) is 1.47. The van der Waals surface area contributed by atoms with E-state index in [0.29, 0.717) is 26.7 Å². The number of nitrogens with zero attached hydrogens (tertiary/aromatic N) is 2. The fourth-order valence-corrected chi connectivity index (χ4v) is 6.87. The van der Waals surface area contributed by atoms with Crippen LogP contribution in [0.25, 0.3) is 11.8 Å². The Hall–Kier alpha value is -4.39. The average molecular weight is 591 g/mol. The smallest absolute Gasteiger partial charge is 0.271 e. The highest BCUT2D eigenvalue weighted by Crippen LogP contribution is 2.41. The van der Waals surface area contributed by atoms with Crippen LogP contribution in [-0.2, 0) is 13.0 Å². The zero-order valence-corrected chi connectivity index (χ0v) is 24.5. The van der Waals surface area contributed by atoms with E-state index in [2.05, 4.69) is 30.3 Å². The summed E-state index contributed by atoms with van der Waals surface area (Å²) < 4.78 is 14.2. The van der Waals surface area contributed by atoms with Crippen LogP contribution in [0.5, 0.6) is 11.5 Å². The molecule has 2 heterocycles. The van der Waals surface area contributed by atoms with E-state index in [9.17, 15) is 4.79 Å². The van der Waals surface area contributed by atoms with Crippen LogP contribution in [-0.4, -0.2) is 11.7 Å². The Balaban J connectivity index is 1.36. The summed E-state index contributed by atoms with van der Waals surface area (Å²) in [5, 5.41) is 0.687. The second-order valence-electron chi connectivity index (χ2n) is 10.3. The van der Waals surface area contributed by atoms with Gasteiger partial charge in [-0.2, -0.15) is 0 Å². The Bertz CT molecular complexity index is 2020. The number of hydrogen-bond acceptors (Lipinski definition) is 5. The third-order valence-corrected chi connectivity index (χ3v) is 9.03. The van der Waals surface area contributed by atoms with Crippen molar-refractivity contribution in [2.75, 3.05) is 7.11 Å². The molecule has 0 amide bonds. The summed E-state index contributed by atoms with van der Waals surface area (Å²) in [5.41, 5.74) is 7.36. The summed E-state index contributed by atoms with van der Waals surface area (Å²) in [6.45, 7) is 0.394. The predicted molar refractivity (Wildman–Crippen MR) is 168 cm³/mol. The number of aryl methyl sites for hydroxylation is 1. The van der Waals surface area contributed by atoms with Gasteiger partial charge in [-0.05, 0) is 71.5 Å². The number of hydrogen-bond donors (Lipinski definition) is 0. The molecule has 0 bridgehead atoms. The van der Waals surface area contributed by atoms with Crippen molar-refractivity contribution in [2.45, 2.75) is 25.5 Å². The number of thiazole rings is 1. The number of ether oxygens (including phenoxy) is 2. The number of methoxy groups -OCH3 is 1. The van der Waals surface area contributed by atoms with Gasteiger partial charge in [0.2, 0.25) is 0 Å². The third-order valence-electron chi connectivity index (χ3n) is 7.80. The quantitative estimate of drug-likeness (QED) is 0.225. The molecule has 1 aliphatic heterocycles. The Kier molecular flexibility index (Phi) is 7.02. The van der Waals surface area contributed by atoms with Crippen molar-refractivity contribution in [1.29, 1.82) is 0 Å². The van der Waals surface area contributed by atoms with Crippen LogP contribution in [0.3, 0.4) is 0 Å². The van der Waals surface area contributed by atoms with Crippen LogP contribution >= 0.6 is 22.9 Å². The van der Waals surface area contributed by atoms with E-state index in [4.69, 9.17) is 26.1 Å². The molecule has 4 aromatic carbocycles. The molecule has 7 heteroatoms. The number of fused-ring (bicyclic) bond motifs is 3. The summed E-state index contributed by atoms with van der Waals surface area (Å²) in [7, 11) is 1.67. The Morgan fingerprint density at radius 2 is 1.79 bits per heavy atom. The fraction of sp³-hybridized carbons (Fsp3) is 0.143. The third kappa shape index (κ3) is 4.87. The summed E-state index contributed by atoms with van der Waals surface area (Å²) in [6.07, 6.45) is 3.66. The fourth-order valence-electron chi connectivity index (χ4n) is 5.75. The monoisotopic (exact) mass is 590 g/mol.